The van der Waals surface area contributed by atoms with Crippen molar-refractivity contribution in [3.05, 3.63) is 70.8 Å². The van der Waals surface area contributed by atoms with Crippen LogP contribution in [-0.4, -0.2) is 26.8 Å². The average Bonchev–Trinajstić information content (AvgIpc) is 2.46. The van der Waals surface area contributed by atoms with E-state index in [0.717, 1.165) is 22.3 Å². The molecule has 0 fully saturated rings. The van der Waals surface area contributed by atoms with Crippen LogP contribution in [0.25, 0.3) is 0 Å². The van der Waals surface area contributed by atoms with E-state index in [9.17, 15) is 8.42 Å². The second-order valence-electron chi connectivity index (χ2n) is 5.66. The minimum absolute atomic E-state index is 0.409. The lowest BCUT2D eigenvalue weighted by atomic mass is 9.97. The van der Waals surface area contributed by atoms with Gasteiger partial charge in [0.2, 0.25) is 0 Å². The van der Waals surface area contributed by atoms with Crippen molar-refractivity contribution in [1.82, 2.24) is 9.03 Å². The third-order valence-electron chi connectivity index (χ3n) is 3.53. The van der Waals surface area contributed by atoms with Crippen molar-refractivity contribution in [2.45, 2.75) is 19.9 Å². The molecule has 0 heterocycles. The predicted molar refractivity (Wildman–Crippen MR) is 89.9 cm³/mol. The molecule has 0 saturated heterocycles. The normalized spacial score (nSPS) is 13.3. The summed E-state index contributed by atoms with van der Waals surface area (Å²) < 4.78 is 28.5. The van der Waals surface area contributed by atoms with E-state index >= 15 is 0 Å². The summed E-state index contributed by atoms with van der Waals surface area (Å²) in [6, 6.07) is 15.4. The van der Waals surface area contributed by atoms with E-state index in [-0.39, 0.29) is 0 Å². The van der Waals surface area contributed by atoms with Gasteiger partial charge in [0, 0.05) is 14.1 Å². The first kappa shape index (κ1) is 16.7. The van der Waals surface area contributed by atoms with Gasteiger partial charge < -0.3 is 0 Å². The average molecular weight is 318 g/mol. The third-order valence-corrected chi connectivity index (χ3v) is 5.03. The zero-order valence-corrected chi connectivity index (χ0v) is 14.2. The van der Waals surface area contributed by atoms with Gasteiger partial charge in [-0.05, 0) is 25.0 Å². The van der Waals surface area contributed by atoms with Gasteiger partial charge in [-0.15, -0.1) is 0 Å². The number of nitrogens with zero attached hydrogens (tertiary/aromatic N) is 1. The molecule has 1 atom stereocenters. The first-order chi connectivity index (χ1) is 10.3. The predicted octanol–water partition coefficient (Wildman–Crippen LogP) is 2.79. The lowest BCUT2D eigenvalue weighted by Gasteiger charge is -2.22. The van der Waals surface area contributed by atoms with Crippen molar-refractivity contribution in [2.24, 2.45) is 0 Å². The Morgan fingerprint density at radius 1 is 0.909 bits per heavy atom. The Hall–Kier alpha value is -1.69. The van der Waals surface area contributed by atoms with Crippen molar-refractivity contribution < 1.29 is 8.42 Å². The largest absolute Gasteiger partial charge is 0.279 e. The Morgan fingerprint density at radius 2 is 1.55 bits per heavy atom. The Kier molecular flexibility index (Phi) is 5.01. The standard InChI is InChI=1S/C17H22N2O2S/c1-13-8-10-15(11-9-13)17(18-22(20,21)19(3)4)16-7-5-6-14(2)12-16/h5-12,17-18H,1-4H3. The number of hydrogen-bond acceptors (Lipinski definition) is 2. The molecule has 0 aliphatic heterocycles. The Bertz CT molecular complexity index is 738. The molecule has 4 nitrogen and oxygen atoms in total. The minimum atomic E-state index is -3.53. The van der Waals surface area contributed by atoms with Gasteiger partial charge in [0.1, 0.15) is 0 Å². The fourth-order valence-corrected chi connectivity index (χ4v) is 2.97. The molecule has 0 amide bonds. The maximum Gasteiger partial charge on any atom is 0.279 e. The lowest BCUT2D eigenvalue weighted by molar-refractivity contribution is 0.498. The van der Waals surface area contributed by atoms with Gasteiger partial charge in [-0.25, -0.2) is 0 Å². The molecule has 0 bridgehead atoms. The molecule has 0 radical (unpaired) electrons. The van der Waals surface area contributed by atoms with Crippen LogP contribution in [0, 0.1) is 13.8 Å². The van der Waals surface area contributed by atoms with E-state index < -0.39 is 16.3 Å². The number of rotatable bonds is 5. The van der Waals surface area contributed by atoms with E-state index in [0.29, 0.717) is 0 Å². The van der Waals surface area contributed by atoms with Gasteiger partial charge in [0.25, 0.3) is 10.2 Å². The molecule has 22 heavy (non-hydrogen) atoms. The highest BCUT2D eigenvalue weighted by molar-refractivity contribution is 7.87. The summed E-state index contributed by atoms with van der Waals surface area (Å²) >= 11 is 0. The van der Waals surface area contributed by atoms with E-state index in [1.165, 1.54) is 18.4 Å². The highest BCUT2D eigenvalue weighted by atomic mass is 32.2. The first-order valence-corrected chi connectivity index (χ1v) is 8.56. The number of benzene rings is 2. The number of aryl methyl sites for hydroxylation is 2. The Morgan fingerprint density at radius 3 is 2.09 bits per heavy atom. The minimum Gasteiger partial charge on any atom is -0.195 e. The molecule has 0 aromatic heterocycles. The molecular formula is C17H22N2O2S. The molecule has 2 aromatic rings. The van der Waals surface area contributed by atoms with Crippen LogP contribution in [0.5, 0.6) is 0 Å². The molecule has 118 valence electrons. The van der Waals surface area contributed by atoms with Crippen molar-refractivity contribution in [3.63, 3.8) is 0 Å². The molecule has 1 unspecified atom stereocenters. The summed E-state index contributed by atoms with van der Waals surface area (Å²) in [5.74, 6) is 0. The summed E-state index contributed by atoms with van der Waals surface area (Å²) in [6.45, 7) is 4.01. The zero-order valence-electron chi connectivity index (χ0n) is 13.4. The SMILES string of the molecule is Cc1ccc(C(NS(=O)(=O)N(C)C)c2cccc(C)c2)cc1. The second kappa shape index (κ2) is 6.60. The molecule has 5 heteroatoms. The van der Waals surface area contributed by atoms with Crippen molar-refractivity contribution in [2.75, 3.05) is 14.1 Å². The summed E-state index contributed by atoms with van der Waals surface area (Å²) in [6.07, 6.45) is 0. The van der Waals surface area contributed by atoms with Crippen LogP contribution in [0.15, 0.2) is 48.5 Å². The number of nitrogens with one attached hydrogen (secondary N) is 1. The molecule has 0 spiro atoms. The number of hydrogen-bond donors (Lipinski definition) is 1. The van der Waals surface area contributed by atoms with Gasteiger partial charge in [-0.1, -0.05) is 59.7 Å². The van der Waals surface area contributed by atoms with Crippen LogP contribution in [0.3, 0.4) is 0 Å². The van der Waals surface area contributed by atoms with Crippen LogP contribution in [0.1, 0.15) is 28.3 Å². The smallest absolute Gasteiger partial charge is 0.195 e. The van der Waals surface area contributed by atoms with Gasteiger partial charge in [0.05, 0.1) is 6.04 Å². The highest BCUT2D eigenvalue weighted by Gasteiger charge is 2.22. The van der Waals surface area contributed by atoms with Crippen LogP contribution < -0.4 is 4.72 Å². The fourth-order valence-electron chi connectivity index (χ4n) is 2.19. The van der Waals surface area contributed by atoms with Crippen LogP contribution in [0.4, 0.5) is 0 Å². The second-order valence-corrected chi connectivity index (χ2v) is 7.58. The topological polar surface area (TPSA) is 49.4 Å². The molecule has 0 aliphatic rings. The van der Waals surface area contributed by atoms with Gasteiger partial charge in [-0.3, -0.25) is 0 Å². The van der Waals surface area contributed by atoms with Gasteiger partial charge >= 0.3 is 0 Å². The molecule has 1 N–H and O–H groups in total. The first-order valence-electron chi connectivity index (χ1n) is 7.12. The Labute approximate surface area is 133 Å². The summed E-state index contributed by atoms with van der Waals surface area (Å²) in [5, 5.41) is 0. The van der Waals surface area contributed by atoms with E-state index in [1.54, 1.807) is 0 Å². The molecular weight excluding hydrogens is 296 g/mol. The Balaban J connectivity index is 2.47. The molecule has 2 aromatic carbocycles. The van der Waals surface area contributed by atoms with E-state index in [1.807, 2.05) is 62.4 Å². The van der Waals surface area contributed by atoms with Crippen LogP contribution in [0.2, 0.25) is 0 Å². The fraction of sp³-hybridized carbons (Fsp3) is 0.294. The van der Waals surface area contributed by atoms with E-state index in [2.05, 4.69) is 4.72 Å². The zero-order chi connectivity index (χ0) is 16.3. The van der Waals surface area contributed by atoms with Crippen molar-refractivity contribution in [3.8, 4) is 0 Å². The van der Waals surface area contributed by atoms with Gasteiger partial charge in [-0.2, -0.15) is 17.4 Å². The van der Waals surface area contributed by atoms with Crippen molar-refractivity contribution in [1.29, 1.82) is 0 Å². The van der Waals surface area contributed by atoms with Crippen LogP contribution in [-0.2, 0) is 10.2 Å². The monoisotopic (exact) mass is 318 g/mol. The molecule has 0 aliphatic carbocycles. The lowest BCUT2D eigenvalue weighted by Crippen LogP contribution is -2.38. The summed E-state index contributed by atoms with van der Waals surface area (Å²) in [7, 11) is -0.496. The summed E-state index contributed by atoms with van der Waals surface area (Å²) in [4.78, 5) is 0. The molecule has 0 saturated carbocycles. The maximum atomic E-state index is 12.3. The summed E-state index contributed by atoms with van der Waals surface area (Å²) in [5.41, 5.74) is 4.08. The third kappa shape index (κ3) is 3.94. The highest BCUT2D eigenvalue weighted by Crippen LogP contribution is 2.24. The van der Waals surface area contributed by atoms with E-state index in [4.69, 9.17) is 0 Å². The quantitative estimate of drug-likeness (QED) is 0.921. The maximum absolute atomic E-state index is 12.3. The van der Waals surface area contributed by atoms with Gasteiger partial charge in [0.15, 0.2) is 0 Å². The molecule has 2 rings (SSSR count). The van der Waals surface area contributed by atoms with Crippen LogP contribution >= 0.6 is 0 Å². The van der Waals surface area contributed by atoms with Crippen molar-refractivity contribution >= 4 is 10.2 Å².